The van der Waals surface area contributed by atoms with Crippen molar-refractivity contribution in [1.82, 2.24) is 19.8 Å². The zero-order valence-electron chi connectivity index (χ0n) is 18.9. The van der Waals surface area contributed by atoms with E-state index in [1.54, 1.807) is 0 Å². The molecule has 7 nitrogen and oxygen atoms in total. The van der Waals surface area contributed by atoms with Crippen LogP contribution in [0.25, 0.3) is 0 Å². The Morgan fingerprint density at radius 3 is 2.37 bits per heavy atom. The number of likely N-dealkylation sites (N-methyl/N-ethyl adjacent to an activating group) is 1. The highest BCUT2D eigenvalue weighted by atomic mass is 16.3. The van der Waals surface area contributed by atoms with E-state index in [0.29, 0.717) is 17.9 Å². The molecular weight excluding hydrogens is 376 g/mol. The summed E-state index contributed by atoms with van der Waals surface area (Å²) in [5.74, 6) is 3.27. The van der Waals surface area contributed by atoms with Crippen molar-refractivity contribution in [3.8, 4) is 0 Å². The van der Waals surface area contributed by atoms with E-state index < -0.39 is 0 Å². The molecule has 1 aromatic rings. The number of rotatable bonds is 3. The third-order valence-corrected chi connectivity index (χ3v) is 7.96. The van der Waals surface area contributed by atoms with Gasteiger partial charge in [0.25, 0.3) is 0 Å². The molecule has 3 heterocycles. The molecule has 30 heavy (non-hydrogen) atoms. The highest BCUT2D eigenvalue weighted by molar-refractivity contribution is 5.55. The Bertz CT molecular complexity index is 762. The largest absolute Gasteiger partial charge is 0.391 e. The van der Waals surface area contributed by atoms with Crippen LogP contribution in [0.15, 0.2) is 0 Å². The van der Waals surface area contributed by atoms with E-state index in [4.69, 9.17) is 9.97 Å². The first-order valence-electron chi connectivity index (χ1n) is 11.9. The van der Waals surface area contributed by atoms with Crippen LogP contribution in [0, 0.1) is 11.8 Å². The number of aliphatic hydroxyl groups is 1. The number of piperazine rings is 1. The summed E-state index contributed by atoms with van der Waals surface area (Å²) >= 11 is 0. The van der Waals surface area contributed by atoms with Crippen LogP contribution in [0.2, 0.25) is 0 Å². The van der Waals surface area contributed by atoms with Gasteiger partial charge in [0.1, 0.15) is 5.82 Å². The van der Waals surface area contributed by atoms with Gasteiger partial charge in [-0.3, -0.25) is 4.90 Å². The number of nitrogens with zero attached hydrogens (tertiary/aromatic N) is 6. The van der Waals surface area contributed by atoms with Crippen molar-refractivity contribution in [3.05, 3.63) is 11.3 Å². The average molecular weight is 415 g/mol. The molecule has 0 bridgehead atoms. The molecule has 2 aliphatic carbocycles. The van der Waals surface area contributed by atoms with Crippen molar-refractivity contribution < 1.29 is 5.11 Å². The lowest BCUT2D eigenvalue weighted by molar-refractivity contribution is -0.0249. The summed E-state index contributed by atoms with van der Waals surface area (Å²) in [5, 5.41) is 11.0. The lowest BCUT2D eigenvalue weighted by atomic mass is 9.77. The van der Waals surface area contributed by atoms with Gasteiger partial charge in [-0.1, -0.05) is 0 Å². The van der Waals surface area contributed by atoms with Gasteiger partial charge in [0.05, 0.1) is 11.8 Å². The number of anilines is 2. The highest BCUT2D eigenvalue weighted by Gasteiger charge is 2.44. The van der Waals surface area contributed by atoms with Crippen LogP contribution in [0.3, 0.4) is 0 Å². The molecule has 0 aromatic carbocycles. The topological polar surface area (TPSA) is 59.0 Å². The number of hydrogen-bond donors (Lipinski definition) is 1. The number of fused-ring (bicyclic) bond motifs is 2. The molecule has 1 N–H and O–H groups in total. The Kier molecular flexibility index (Phi) is 5.62. The second-order valence-electron chi connectivity index (χ2n) is 10.2. The predicted octanol–water partition coefficient (Wildman–Crippen LogP) is 1.24. The van der Waals surface area contributed by atoms with Crippen molar-refractivity contribution >= 4 is 11.8 Å². The van der Waals surface area contributed by atoms with E-state index in [2.05, 4.69) is 21.7 Å². The van der Waals surface area contributed by atoms with Gasteiger partial charge in [0.2, 0.25) is 5.95 Å². The van der Waals surface area contributed by atoms with Crippen molar-refractivity contribution in [2.45, 2.75) is 50.7 Å². The van der Waals surface area contributed by atoms with E-state index >= 15 is 0 Å². The Labute approximate surface area is 181 Å². The monoisotopic (exact) mass is 414 g/mol. The SMILES string of the molecule is CN1CCN([C@@H]2C[C@@H]3CN(c4nc(N(C)C)nc5c4CCCC5)C[C@@H]3C[C@H]2O)CC1. The van der Waals surface area contributed by atoms with E-state index in [-0.39, 0.29) is 6.10 Å². The maximum atomic E-state index is 11.0. The summed E-state index contributed by atoms with van der Waals surface area (Å²) < 4.78 is 0. The average Bonchev–Trinajstić information content (AvgIpc) is 3.15. The first kappa shape index (κ1) is 20.5. The lowest BCUT2D eigenvalue weighted by Gasteiger charge is -2.44. The Hall–Kier alpha value is -1.44. The molecule has 0 unspecified atom stereocenters. The molecular formula is C23H38N6O. The zero-order chi connectivity index (χ0) is 20.8. The molecule has 4 atom stereocenters. The van der Waals surface area contributed by atoms with Gasteiger partial charge >= 0.3 is 0 Å². The minimum Gasteiger partial charge on any atom is -0.391 e. The first-order chi connectivity index (χ1) is 14.5. The summed E-state index contributed by atoms with van der Waals surface area (Å²) in [5.41, 5.74) is 2.65. The van der Waals surface area contributed by atoms with Crippen LogP contribution in [0.1, 0.15) is 36.9 Å². The molecule has 4 aliphatic rings. The highest BCUT2D eigenvalue weighted by Crippen LogP contribution is 2.41. The molecule has 0 amide bonds. The first-order valence-corrected chi connectivity index (χ1v) is 11.9. The minimum atomic E-state index is -0.189. The van der Waals surface area contributed by atoms with Crippen LogP contribution in [0.4, 0.5) is 11.8 Å². The third-order valence-electron chi connectivity index (χ3n) is 7.96. The predicted molar refractivity (Wildman–Crippen MR) is 120 cm³/mol. The molecule has 3 fully saturated rings. The van der Waals surface area contributed by atoms with Gasteiger partial charge < -0.3 is 19.8 Å². The molecule has 166 valence electrons. The van der Waals surface area contributed by atoms with E-state index in [1.165, 1.54) is 29.9 Å². The molecule has 1 aromatic heterocycles. The summed E-state index contributed by atoms with van der Waals surface area (Å²) in [6.07, 6.45) is 6.54. The Balaban J connectivity index is 1.35. The van der Waals surface area contributed by atoms with E-state index in [0.717, 1.165) is 70.9 Å². The van der Waals surface area contributed by atoms with E-state index in [1.807, 2.05) is 19.0 Å². The quantitative estimate of drug-likeness (QED) is 0.799. The van der Waals surface area contributed by atoms with Crippen LogP contribution in [0.5, 0.6) is 0 Å². The maximum Gasteiger partial charge on any atom is 0.227 e. The second-order valence-corrected chi connectivity index (χ2v) is 10.2. The number of aryl methyl sites for hydroxylation is 1. The molecule has 2 aliphatic heterocycles. The molecule has 2 saturated heterocycles. The minimum absolute atomic E-state index is 0.189. The molecule has 0 spiro atoms. The fourth-order valence-corrected chi connectivity index (χ4v) is 6.15. The van der Waals surface area contributed by atoms with Gasteiger partial charge in [0, 0.05) is 65.0 Å². The van der Waals surface area contributed by atoms with Gasteiger partial charge in [-0.05, 0) is 57.4 Å². The lowest BCUT2D eigenvalue weighted by Crippen LogP contribution is -2.55. The summed E-state index contributed by atoms with van der Waals surface area (Å²) in [4.78, 5) is 19.4. The summed E-state index contributed by atoms with van der Waals surface area (Å²) in [7, 11) is 6.27. The van der Waals surface area contributed by atoms with Gasteiger partial charge in [-0.25, -0.2) is 4.98 Å². The Morgan fingerprint density at radius 1 is 0.933 bits per heavy atom. The summed E-state index contributed by atoms with van der Waals surface area (Å²) in [6.45, 7) is 6.52. The van der Waals surface area contributed by atoms with Crippen LogP contribution in [-0.4, -0.2) is 97.4 Å². The van der Waals surface area contributed by atoms with Crippen LogP contribution >= 0.6 is 0 Å². The normalized spacial score (nSPS) is 32.7. The van der Waals surface area contributed by atoms with Crippen molar-refractivity contribution in [3.63, 3.8) is 0 Å². The molecule has 5 rings (SSSR count). The van der Waals surface area contributed by atoms with Gasteiger partial charge in [-0.15, -0.1) is 0 Å². The van der Waals surface area contributed by atoms with Gasteiger partial charge in [0.15, 0.2) is 0 Å². The van der Waals surface area contributed by atoms with Crippen molar-refractivity contribution in [1.29, 1.82) is 0 Å². The third kappa shape index (κ3) is 3.80. The standard InChI is InChI=1S/C23H38N6O/c1-26(2)23-24-19-7-5-4-6-18(19)22(25-23)29-14-16-12-20(21(30)13-17(16)15-29)28-10-8-27(3)9-11-28/h16-17,20-21,30H,4-15H2,1-3H3/t16-,17+,20-,21-/m1/s1. The number of hydrogen-bond acceptors (Lipinski definition) is 7. The fourth-order valence-electron chi connectivity index (χ4n) is 6.15. The zero-order valence-corrected chi connectivity index (χ0v) is 18.9. The Morgan fingerprint density at radius 2 is 1.63 bits per heavy atom. The fraction of sp³-hybridized carbons (Fsp3) is 0.826. The van der Waals surface area contributed by atoms with E-state index in [9.17, 15) is 5.11 Å². The number of aromatic nitrogens is 2. The molecule has 1 saturated carbocycles. The van der Waals surface area contributed by atoms with Crippen molar-refractivity contribution in [2.24, 2.45) is 11.8 Å². The smallest absolute Gasteiger partial charge is 0.227 e. The van der Waals surface area contributed by atoms with Gasteiger partial charge in [-0.2, -0.15) is 4.98 Å². The van der Waals surface area contributed by atoms with Crippen LogP contribution in [-0.2, 0) is 12.8 Å². The van der Waals surface area contributed by atoms with Crippen LogP contribution < -0.4 is 9.80 Å². The second kappa shape index (κ2) is 8.24. The molecule has 7 heteroatoms. The number of aliphatic hydroxyl groups excluding tert-OH is 1. The maximum absolute atomic E-state index is 11.0. The van der Waals surface area contributed by atoms with Crippen molar-refractivity contribution in [2.75, 3.05) is 70.2 Å². The summed E-state index contributed by atoms with van der Waals surface area (Å²) in [6, 6.07) is 0.330. The molecule has 0 radical (unpaired) electrons.